The zero-order valence-corrected chi connectivity index (χ0v) is 24.3. The third kappa shape index (κ3) is 5.18. The molecule has 1 amide bonds. The zero-order valence-electron chi connectivity index (χ0n) is 24.3. The highest BCUT2D eigenvalue weighted by atomic mass is 16.6. The molecule has 0 unspecified atom stereocenters. The van der Waals surface area contributed by atoms with Gasteiger partial charge in [-0.1, -0.05) is 54.9 Å². The van der Waals surface area contributed by atoms with Crippen molar-refractivity contribution in [3.8, 4) is 0 Å². The predicted octanol–water partition coefficient (Wildman–Crippen LogP) is 2.40. The summed E-state index contributed by atoms with van der Waals surface area (Å²) in [4.78, 5) is 42.0. The number of carboxylic acid groups (broad SMARTS) is 1. The maximum absolute atomic E-state index is 12.6. The fourth-order valence-electron chi connectivity index (χ4n) is 8.82. The minimum absolute atomic E-state index is 0.0204. The number of amides is 1. The molecule has 0 aromatic heterocycles. The van der Waals surface area contributed by atoms with Crippen LogP contribution in [-0.2, 0) is 25.6 Å². The summed E-state index contributed by atoms with van der Waals surface area (Å²) in [5.41, 5.74) is 0.0184. The lowest BCUT2D eigenvalue weighted by Crippen LogP contribution is -2.62. The Morgan fingerprint density at radius 1 is 1.12 bits per heavy atom. The second kappa shape index (κ2) is 11.5. The quantitative estimate of drug-likeness (QED) is 0.277. The van der Waals surface area contributed by atoms with Gasteiger partial charge in [-0.2, -0.15) is 0 Å². The monoisotopic (exact) mass is 582 g/mol. The molecule has 10 nitrogen and oxygen atoms in total. The number of oxime groups is 1. The van der Waals surface area contributed by atoms with Crippen molar-refractivity contribution in [1.29, 1.82) is 0 Å². The molecule has 8 atom stereocenters. The number of carbonyl (C=O) groups is 3. The van der Waals surface area contributed by atoms with Crippen molar-refractivity contribution in [2.24, 2.45) is 33.7 Å². The molecule has 0 spiro atoms. The number of Topliss-reactive ketones (excluding diaryl/α,β-unsaturated/α-hetero) is 1. The molecule has 0 bridgehead atoms. The number of hydrogen-bond acceptors (Lipinski definition) is 8. The van der Waals surface area contributed by atoms with Crippen LogP contribution in [-0.4, -0.2) is 74.8 Å². The Balaban J connectivity index is 1.23. The summed E-state index contributed by atoms with van der Waals surface area (Å²) >= 11 is 0. The van der Waals surface area contributed by atoms with Crippen molar-refractivity contribution >= 4 is 23.4 Å². The van der Waals surface area contributed by atoms with Crippen molar-refractivity contribution in [3.05, 3.63) is 47.5 Å². The molecular formula is C32H42N2O8. The van der Waals surface area contributed by atoms with E-state index in [1.54, 1.807) is 12.1 Å². The molecule has 1 aromatic carbocycles. The highest BCUT2D eigenvalue weighted by Gasteiger charge is 2.68. The van der Waals surface area contributed by atoms with Gasteiger partial charge in [-0.25, -0.2) is 4.79 Å². The second-order valence-corrected chi connectivity index (χ2v) is 13.1. The topological polar surface area (TPSA) is 166 Å². The number of allylic oxidation sites excluding steroid dienone is 2. The Morgan fingerprint density at radius 3 is 2.55 bits per heavy atom. The van der Waals surface area contributed by atoms with E-state index in [9.17, 15) is 34.8 Å². The Labute approximate surface area is 245 Å². The van der Waals surface area contributed by atoms with E-state index in [4.69, 9.17) is 4.84 Å². The summed E-state index contributed by atoms with van der Waals surface area (Å²) in [6.45, 7) is 2.99. The summed E-state index contributed by atoms with van der Waals surface area (Å²) in [6, 6.07) is 7.99. The van der Waals surface area contributed by atoms with Crippen LogP contribution >= 0.6 is 0 Å². The Hall–Kier alpha value is -3.08. The number of carbonyl (C=O) groups excluding carboxylic acids is 2. The van der Waals surface area contributed by atoms with Gasteiger partial charge in [-0.3, -0.25) is 9.59 Å². The van der Waals surface area contributed by atoms with E-state index in [1.165, 1.54) is 5.57 Å². The number of nitrogens with one attached hydrogen (secondary N) is 1. The Morgan fingerprint density at radius 2 is 1.86 bits per heavy atom. The lowest BCUT2D eigenvalue weighted by molar-refractivity contribution is -0.181. The summed E-state index contributed by atoms with van der Waals surface area (Å²) < 4.78 is 0. The largest absolute Gasteiger partial charge is 0.480 e. The van der Waals surface area contributed by atoms with Crippen LogP contribution in [0.2, 0.25) is 0 Å². The van der Waals surface area contributed by atoms with Gasteiger partial charge in [0, 0.05) is 11.8 Å². The summed E-state index contributed by atoms with van der Waals surface area (Å²) in [5, 5.41) is 48.7. The van der Waals surface area contributed by atoms with Crippen LogP contribution in [0.15, 0.2) is 47.1 Å². The molecule has 0 saturated heterocycles. The third-order valence-electron chi connectivity index (χ3n) is 11.0. The van der Waals surface area contributed by atoms with Gasteiger partial charge < -0.3 is 30.6 Å². The molecule has 0 heterocycles. The van der Waals surface area contributed by atoms with Crippen LogP contribution in [0, 0.1) is 28.6 Å². The molecule has 5 N–H and O–H groups in total. The molecule has 3 fully saturated rings. The number of ketones is 1. The zero-order chi connectivity index (χ0) is 30.3. The van der Waals surface area contributed by atoms with Crippen molar-refractivity contribution in [2.75, 3.05) is 13.2 Å². The van der Waals surface area contributed by atoms with Gasteiger partial charge in [-0.05, 0) is 79.8 Å². The predicted molar refractivity (Wildman–Crippen MR) is 153 cm³/mol. The van der Waals surface area contributed by atoms with Gasteiger partial charge in [-0.15, -0.1) is 0 Å². The number of rotatable bonds is 9. The number of aliphatic hydroxyl groups excluding tert-OH is 2. The van der Waals surface area contributed by atoms with Crippen LogP contribution in [0.3, 0.4) is 0 Å². The Bertz CT molecular complexity index is 1280. The van der Waals surface area contributed by atoms with Gasteiger partial charge in [0.1, 0.15) is 18.2 Å². The molecular weight excluding hydrogens is 540 g/mol. The van der Waals surface area contributed by atoms with Gasteiger partial charge >= 0.3 is 5.97 Å². The molecule has 4 aliphatic rings. The normalized spacial score (nSPS) is 37.1. The van der Waals surface area contributed by atoms with E-state index in [0.29, 0.717) is 31.4 Å². The second-order valence-electron chi connectivity index (χ2n) is 13.1. The average Bonchev–Trinajstić information content (AvgIpc) is 3.23. The van der Waals surface area contributed by atoms with E-state index < -0.39 is 54.0 Å². The van der Waals surface area contributed by atoms with E-state index >= 15 is 0 Å². The number of fused-ring (bicyclic) bond motifs is 5. The van der Waals surface area contributed by atoms with E-state index in [1.807, 2.05) is 31.2 Å². The van der Waals surface area contributed by atoms with Gasteiger partial charge in [0.2, 0.25) is 0 Å². The maximum Gasteiger partial charge on any atom is 0.326 e. The van der Waals surface area contributed by atoms with Crippen molar-refractivity contribution in [3.63, 3.8) is 0 Å². The van der Waals surface area contributed by atoms with E-state index in [2.05, 4.69) is 17.4 Å². The number of hydrogen-bond donors (Lipinski definition) is 5. The third-order valence-corrected chi connectivity index (χ3v) is 11.0. The van der Waals surface area contributed by atoms with Crippen molar-refractivity contribution in [1.82, 2.24) is 5.32 Å². The lowest BCUT2D eigenvalue weighted by atomic mass is 9.45. The fourth-order valence-corrected chi connectivity index (χ4v) is 8.82. The average molecular weight is 583 g/mol. The molecule has 228 valence electrons. The minimum atomic E-state index is -1.61. The first-order valence-corrected chi connectivity index (χ1v) is 14.9. The van der Waals surface area contributed by atoms with Crippen molar-refractivity contribution in [2.45, 2.75) is 83.0 Å². The van der Waals surface area contributed by atoms with E-state index in [-0.39, 0.29) is 29.6 Å². The molecule has 1 aromatic rings. The fraction of sp³-hybridized carbons (Fsp3) is 0.625. The molecule has 42 heavy (non-hydrogen) atoms. The first kappa shape index (κ1) is 30.4. The van der Waals surface area contributed by atoms with Crippen LogP contribution in [0.4, 0.5) is 0 Å². The molecule has 5 rings (SSSR count). The molecule has 0 radical (unpaired) electrons. The highest BCUT2D eigenvalue weighted by molar-refractivity contribution is 5.96. The first-order valence-electron chi connectivity index (χ1n) is 14.9. The van der Waals surface area contributed by atoms with Crippen LogP contribution in [0.25, 0.3) is 0 Å². The molecule has 3 saturated carbocycles. The number of aliphatic carboxylic acids is 1. The highest BCUT2D eigenvalue weighted by Crippen LogP contribution is 2.67. The summed E-state index contributed by atoms with van der Waals surface area (Å²) in [5.74, 6) is -2.04. The minimum Gasteiger partial charge on any atom is -0.480 e. The van der Waals surface area contributed by atoms with Crippen molar-refractivity contribution < 1.29 is 39.6 Å². The summed E-state index contributed by atoms with van der Waals surface area (Å²) in [7, 11) is 0. The maximum atomic E-state index is 12.6. The standard InChI is InChI=1S/C32H42N2O8/c1-30-12-10-21(34-42-18-27(38)33-24(29(39)40)14-19-6-4-3-5-7-19)15-20(30)8-9-22-23-11-13-32(41,26(37)17-35)31(23,2)16-25(36)28(22)30/h3-7,15,22-25,28,35-36,41H,8-14,16-18H2,1-2H3,(H,33,38)(H,39,40)/b34-21+/t22-,23+,24-,25+,28+,30+,31+,32+/m1/s1. The first-order chi connectivity index (χ1) is 19.9. The van der Waals surface area contributed by atoms with Crippen LogP contribution in [0.5, 0.6) is 0 Å². The molecule has 4 aliphatic carbocycles. The van der Waals surface area contributed by atoms with Crippen LogP contribution in [0.1, 0.15) is 64.4 Å². The Kier molecular flexibility index (Phi) is 8.35. The number of carboxylic acids is 1. The van der Waals surface area contributed by atoms with E-state index in [0.717, 1.165) is 24.8 Å². The van der Waals surface area contributed by atoms with Crippen LogP contribution < -0.4 is 5.32 Å². The smallest absolute Gasteiger partial charge is 0.326 e. The summed E-state index contributed by atoms with van der Waals surface area (Å²) in [6.07, 6.45) is 5.74. The number of nitrogens with zero attached hydrogens (tertiary/aromatic N) is 1. The number of benzene rings is 1. The number of aliphatic hydroxyl groups is 3. The van der Waals surface area contributed by atoms with Gasteiger partial charge in [0.15, 0.2) is 12.4 Å². The lowest BCUT2D eigenvalue weighted by Gasteiger charge is -2.60. The molecule has 10 heteroatoms. The van der Waals surface area contributed by atoms with Gasteiger partial charge in [0.25, 0.3) is 5.91 Å². The van der Waals surface area contributed by atoms with Gasteiger partial charge in [0.05, 0.1) is 11.8 Å². The molecule has 0 aliphatic heterocycles. The SMILES string of the molecule is C[C@]12CC/C(=N\OCC(=O)N[C@H](Cc3ccccc3)C(=O)O)C=C1CC[C@H]1[C@H]2[C@@H](O)C[C@@]2(C)[C@H]1CC[C@]2(O)C(=O)CO.